The van der Waals surface area contributed by atoms with Gasteiger partial charge >= 0.3 is 0 Å². The van der Waals surface area contributed by atoms with E-state index in [0.717, 1.165) is 10.3 Å². The summed E-state index contributed by atoms with van der Waals surface area (Å²) in [5, 5.41) is 3.17. The highest BCUT2D eigenvalue weighted by molar-refractivity contribution is 7.22. The quantitative estimate of drug-likeness (QED) is 0.889. The molecule has 1 amide bonds. The van der Waals surface area contributed by atoms with E-state index in [2.05, 4.69) is 10.3 Å². The first-order valence-electron chi connectivity index (χ1n) is 7.69. The summed E-state index contributed by atoms with van der Waals surface area (Å²) < 4.78 is 27.5. The molecular formula is C16H16N2O6S. The largest absolute Gasteiger partial charge is 0.494 e. The van der Waals surface area contributed by atoms with E-state index in [1.165, 1.54) is 17.6 Å². The molecule has 2 aromatic rings. The van der Waals surface area contributed by atoms with Crippen molar-refractivity contribution in [1.82, 2.24) is 4.98 Å². The number of hydrogen-bond donors (Lipinski definition) is 1. The average molecular weight is 364 g/mol. The van der Waals surface area contributed by atoms with Crippen LogP contribution in [0.2, 0.25) is 0 Å². The van der Waals surface area contributed by atoms with Crippen molar-refractivity contribution < 1.29 is 28.5 Å². The topological polar surface area (TPSA) is 88.1 Å². The van der Waals surface area contributed by atoms with E-state index in [0.29, 0.717) is 36.2 Å². The number of nitrogens with zero attached hydrogens (tertiary/aromatic N) is 1. The van der Waals surface area contributed by atoms with E-state index in [4.69, 9.17) is 23.7 Å². The smallest absolute Gasteiger partial charge is 0.295 e. The number of hydrogen-bond acceptors (Lipinski definition) is 8. The first kappa shape index (κ1) is 16.1. The minimum absolute atomic E-state index is 0.0413. The lowest BCUT2D eigenvalue weighted by Gasteiger charge is -2.23. The molecule has 132 valence electrons. The third-order valence-electron chi connectivity index (χ3n) is 3.84. The van der Waals surface area contributed by atoms with Crippen molar-refractivity contribution in [2.24, 2.45) is 0 Å². The molecule has 3 heterocycles. The zero-order valence-corrected chi connectivity index (χ0v) is 14.3. The molecule has 1 saturated heterocycles. The van der Waals surface area contributed by atoms with E-state index in [9.17, 15) is 4.79 Å². The number of ether oxygens (including phenoxy) is 5. The molecule has 1 aromatic heterocycles. The molecule has 1 aromatic carbocycles. The molecule has 0 bridgehead atoms. The van der Waals surface area contributed by atoms with Crippen LogP contribution in [0.15, 0.2) is 24.2 Å². The molecule has 1 atom stereocenters. The summed E-state index contributed by atoms with van der Waals surface area (Å²) in [5.41, 5.74) is 1.64. The van der Waals surface area contributed by atoms with Crippen LogP contribution in [-0.2, 0) is 23.7 Å². The number of anilines is 1. The number of fused-ring (bicyclic) bond motifs is 1. The first-order chi connectivity index (χ1) is 12.3. The van der Waals surface area contributed by atoms with Crippen molar-refractivity contribution in [1.29, 1.82) is 0 Å². The Balaban J connectivity index is 1.68. The Hall–Kier alpha value is -2.36. The molecule has 0 spiro atoms. The number of nitrogens with one attached hydrogen (secondary N) is 1. The fraction of sp³-hybridized carbons (Fsp3) is 0.375. The van der Waals surface area contributed by atoms with E-state index < -0.39 is 5.91 Å². The number of thiazole rings is 1. The van der Waals surface area contributed by atoms with E-state index in [1.54, 1.807) is 7.11 Å². The summed E-state index contributed by atoms with van der Waals surface area (Å²) in [5.74, 6) is 0.344. The Bertz CT molecular complexity index is 827. The number of carbonyl (C=O) groups excluding carboxylic acids is 1. The number of amides is 1. The van der Waals surface area contributed by atoms with Crippen molar-refractivity contribution in [3.63, 3.8) is 0 Å². The number of methoxy groups -OCH3 is 1. The summed E-state index contributed by atoms with van der Waals surface area (Å²) in [6, 6.07) is 3.79. The second-order valence-electron chi connectivity index (χ2n) is 5.35. The minimum Gasteiger partial charge on any atom is -0.494 e. The van der Waals surface area contributed by atoms with Crippen LogP contribution < -0.4 is 10.1 Å². The zero-order valence-electron chi connectivity index (χ0n) is 13.4. The van der Waals surface area contributed by atoms with Gasteiger partial charge in [-0.15, -0.1) is 0 Å². The Morgan fingerprint density at radius 1 is 1.40 bits per heavy atom. The van der Waals surface area contributed by atoms with Crippen LogP contribution in [0, 0.1) is 0 Å². The van der Waals surface area contributed by atoms with Gasteiger partial charge in [-0.3, -0.25) is 10.1 Å². The van der Waals surface area contributed by atoms with Crippen LogP contribution in [0.1, 0.15) is 11.7 Å². The fourth-order valence-corrected chi connectivity index (χ4v) is 3.70. The molecule has 8 nitrogen and oxygen atoms in total. The standard InChI is InChI=1S/C16H16N2O6S/c1-20-10-3-2-9(11-6-21-4-5-23-11)14-13(10)17-16(25-14)18-15(19)12-7-22-8-24-12/h2-3,7,11H,4-6,8H2,1H3,(H,17,18,19). The Morgan fingerprint density at radius 3 is 3.04 bits per heavy atom. The van der Waals surface area contributed by atoms with Crippen LogP contribution in [0.3, 0.4) is 0 Å². The molecular weight excluding hydrogens is 348 g/mol. The Labute approximate surface area is 147 Å². The van der Waals surface area contributed by atoms with Crippen LogP contribution in [0.5, 0.6) is 5.75 Å². The summed E-state index contributed by atoms with van der Waals surface area (Å²) in [6.45, 7) is 1.67. The van der Waals surface area contributed by atoms with Gasteiger partial charge < -0.3 is 23.7 Å². The molecule has 1 unspecified atom stereocenters. The van der Waals surface area contributed by atoms with Gasteiger partial charge in [-0.25, -0.2) is 4.98 Å². The van der Waals surface area contributed by atoms with Crippen molar-refractivity contribution in [2.45, 2.75) is 6.10 Å². The Morgan fingerprint density at radius 2 is 2.32 bits per heavy atom. The molecule has 4 rings (SSSR count). The van der Waals surface area contributed by atoms with Gasteiger partial charge in [-0.1, -0.05) is 17.4 Å². The van der Waals surface area contributed by atoms with Gasteiger partial charge in [0.25, 0.3) is 5.91 Å². The van der Waals surface area contributed by atoms with E-state index in [-0.39, 0.29) is 18.7 Å². The predicted octanol–water partition coefficient (Wildman–Crippen LogP) is 2.18. The lowest BCUT2D eigenvalue weighted by Crippen LogP contribution is -2.21. The first-order valence-corrected chi connectivity index (χ1v) is 8.50. The third kappa shape index (κ3) is 3.13. The maximum absolute atomic E-state index is 12.1. The Kier molecular flexibility index (Phi) is 4.43. The fourth-order valence-electron chi connectivity index (χ4n) is 2.66. The maximum atomic E-state index is 12.1. The van der Waals surface area contributed by atoms with Crippen molar-refractivity contribution in [3.05, 3.63) is 29.7 Å². The number of benzene rings is 1. The van der Waals surface area contributed by atoms with Crippen molar-refractivity contribution in [3.8, 4) is 5.75 Å². The molecule has 9 heteroatoms. The zero-order chi connectivity index (χ0) is 17.2. The number of rotatable bonds is 4. The van der Waals surface area contributed by atoms with Gasteiger partial charge in [0, 0.05) is 5.56 Å². The molecule has 1 fully saturated rings. The second-order valence-corrected chi connectivity index (χ2v) is 6.35. The van der Waals surface area contributed by atoms with Crippen LogP contribution in [-0.4, -0.2) is 44.6 Å². The molecule has 0 radical (unpaired) electrons. The van der Waals surface area contributed by atoms with Crippen LogP contribution in [0.25, 0.3) is 10.2 Å². The SMILES string of the molecule is COc1ccc(C2COCCO2)c2sc(NC(=O)C3=COCO3)nc12. The minimum atomic E-state index is -0.408. The van der Waals surface area contributed by atoms with Gasteiger partial charge in [0.2, 0.25) is 12.6 Å². The highest BCUT2D eigenvalue weighted by Crippen LogP contribution is 2.39. The maximum Gasteiger partial charge on any atom is 0.295 e. The lowest BCUT2D eigenvalue weighted by molar-refractivity contribution is -0.116. The molecule has 0 aliphatic carbocycles. The molecule has 2 aliphatic heterocycles. The van der Waals surface area contributed by atoms with Crippen LogP contribution >= 0.6 is 11.3 Å². The van der Waals surface area contributed by atoms with Gasteiger partial charge in [-0.05, 0) is 6.07 Å². The number of aromatic nitrogens is 1. The van der Waals surface area contributed by atoms with Gasteiger partial charge in [0.15, 0.2) is 5.13 Å². The molecule has 0 saturated carbocycles. The number of carbonyl (C=O) groups is 1. The molecule has 1 N–H and O–H groups in total. The highest BCUT2D eigenvalue weighted by Gasteiger charge is 2.24. The van der Waals surface area contributed by atoms with Gasteiger partial charge in [0.1, 0.15) is 23.6 Å². The van der Waals surface area contributed by atoms with Crippen molar-refractivity contribution in [2.75, 3.05) is 39.0 Å². The third-order valence-corrected chi connectivity index (χ3v) is 4.86. The van der Waals surface area contributed by atoms with Crippen LogP contribution in [0.4, 0.5) is 5.13 Å². The monoisotopic (exact) mass is 364 g/mol. The second kappa shape index (κ2) is 6.87. The summed E-state index contributed by atoms with van der Waals surface area (Å²) in [6.07, 6.45) is 1.11. The average Bonchev–Trinajstić information content (AvgIpc) is 3.31. The highest BCUT2D eigenvalue weighted by atomic mass is 32.1. The summed E-state index contributed by atoms with van der Waals surface area (Å²) >= 11 is 1.35. The van der Waals surface area contributed by atoms with Gasteiger partial charge in [0.05, 0.1) is 31.6 Å². The summed E-state index contributed by atoms with van der Waals surface area (Å²) in [7, 11) is 1.58. The van der Waals surface area contributed by atoms with Gasteiger partial charge in [-0.2, -0.15) is 0 Å². The normalized spacial score (nSPS) is 19.9. The van der Waals surface area contributed by atoms with E-state index in [1.807, 2.05) is 12.1 Å². The van der Waals surface area contributed by atoms with E-state index >= 15 is 0 Å². The molecule has 2 aliphatic rings. The summed E-state index contributed by atoms with van der Waals surface area (Å²) in [4.78, 5) is 16.6. The van der Waals surface area contributed by atoms with Crippen molar-refractivity contribution >= 4 is 32.6 Å². The lowest BCUT2D eigenvalue weighted by atomic mass is 10.1. The predicted molar refractivity (Wildman–Crippen MR) is 89.4 cm³/mol. The molecule has 25 heavy (non-hydrogen) atoms.